The lowest BCUT2D eigenvalue weighted by Crippen LogP contribution is -2.39. The van der Waals surface area contributed by atoms with E-state index in [0.717, 1.165) is 5.41 Å². The quantitative estimate of drug-likeness (QED) is 0.835. The van der Waals surface area contributed by atoms with Gasteiger partial charge >= 0.3 is 0 Å². The van der Waals surface area contributed by atoms with Crippen molar-refractivity contribution in [2.45, 2.75) is 13.0 Å². The number of halogens is 1. The fourth-order valence-corrected chi connectivity index (χ4v) is 3.41. The van der Waals surface area contributed by atoms with Crippen LogP contribution in [0.5, 0.6) is 0 Å². The number of sulfone groups is 1. The van der Waals surface area contributed by atoms with Crippen LogP contribution in [-0.4, -0.2) is 26.1 Å². The third-order valence-corrected chi connectivity index (χ3v) is 4.28. The van der Waals surface area contributed by atoms with Crippen LogP contribution in [0.2, 0.25) is 5.02 Å². The minimum atomic E-state index is -3.20. The SMILES string of the molecule is CC(=O)N(c1cccc(Cl)c1)[C@@H]1C=CS(=O)(=O)C1. The number of anilines is 1. The summed E-state index contributed by atoms with van der Waals surface area (Å²) in [5.74, 6) is -0.303. The van der Waals surface area contributed by atoms with E-state index in [1.807, 2.05) is 0 Å². The standard InChI is InChI=1S/C12H12ClNO3S/c1-9(15)14(11-4-2-3-10(13)7-11)12-5-6-18(16,17)8-12/h2-7,12H,8H2,1H3/t12-/m1/s1. The third-order valence-electron chi connectivity index (χ3n) is 2.67. The van der Waals surface area contributed by atoms with Crippen molar-refractivity contribution in [3.05, 3.63) is 40.8 Å². The van der Waals surface area contributed by atoms with E-state index < -0.39 is 15.9 Å². The van der Waals surface area contributed by atoms with Crippen LogP contribution in [0, 0.1) is 0 Å². The summed E-state index contributed by atoms with van der Waals surface area (Å²) in [4.78, 5) is 13.1. The van der Waals surface area contributed by atoms with Crippen molar-refractivity contribution >= 4 is 33.0 Å². The van der Waals surface area contributed by atoms with Crippen LogP contribution in [0.15, 0.2) is 35.7 Å². The van der Waals surface area contributed by atoms with E-state index in [1.165, 1.54) is 17.9 Å². The zero-order chi connectivity index (χ0) is 13.3. The van der Waals surface area contributed by atoms with E-state index in [9.17, 15) is 13.2 Å². The van der Waals surface area contributed by atoms with Crippen molar-refractivity contribution in [3.8, 4) is 0 Å². The second-order valence-corrected chi connectivity index (χ2v) is 6.46. The van der Waals surface area contributed by atoms with Gasteiger partial charge in [-0.05, 0) is 24.3 Å². The van der Waals surface area contributed by atoms with Gasteiger partial charge < -0.3 is 4.90 Å². The summed E-state index contributed by atoms with van der Waals surface area (Å²) in [5, 5.41) is 1.65. The van der Waals surface area contributed by atoms with Crippen LogP contribution in [0.3, 0.4) is 0 Å². The predicted molar refractivity (Wildman–Crippen MR) is 71.3 cm³/mol. The van der Waals surface area contributed by atoms with E-state index in [4.69, 9.17) is 11.6 Å². The molecule has 0 unspecified atom stereocenters. The lowest BCUT2D eigenvalue weighted by atomic mass is 10.2. The highest BCUT2D eigenvalue weighted by atomic mass is 35.5. The maximum absolute atomic E-state index is 11.7. The van der Waals surface area contributed by atoms with Gasteiger partial charge in [-0.15, -0.1) is 0 Å². The Bertz CT molecular complexity index is 610. The third kappa shape index (κ3) is 2.73. The molecule has 0 spiro atoms. The largest absolute Gasteiger partial charge is 0.305 e. The molecule has 0 bridgehead atoms. The molecule has 4 nitrogen and oxygen atoms in total. The molecule has 0 aliphatic carbocycles. The first-order valence-corrected chi connectivity index (χ1v) is 7.45. The normalized spacial score (nSPS) is 20.9. The van der Waals surface area contributed by atoms with Gasteiger partial charge in [0.15, 0.2) is 9.84 Å². The Hall–Kier alpha value is -1.33. The summed E-state index contributed by atoms with van der Waals surface area (Å²) < 4.78 is 22.8. The van der Waals surface area contributed by atoms with Crippen molar-refractivity contribution in [3.63, 3.8) is 0 Å². The van der Waals surface area contributed by atoms with Crippen LogP contribution in [0.4, 0.5) is 5.69 Å². The molecule has 1 heterocycles. The molecule has 0 aromatic heterocycles. The molecule has 6 heteroatoms. The number of carbonyl (C=O) groups is 1. The van der Waals surface area contributed by atoms with Crippen molar-refractivity contribution in [1.29, 1.82) is 0 Å². The Labute approximate surface area is 111 Å². The van der Waals surface area contributed by atoms with Crippen LogP contribution in [0.1, 0.15) is 6.92 Å². The lowest BCUT2D eigenvalue weighted by molar-refractivity contribution is -0.116. The van der Waals surface area contributed by atoms with Gasteiger partial charge in [-0.3, -0.25) is 4.79 Å². The van der Waals surface area contributed by atoms with E-state index in [2.05, 4.69) is 0 Å². The van der Waals surface area contributed by atoms with Crippen molar-refractivity contribution in [1.82, 2.24) is 0 Å². The number of amides is 1. The van der Waals surface area contributed by atoms with Crippen LogP contribution >= 0.6 is 11.6 Å². The summed E-state index contributed by atoms with van der Waals surface area (Å²) in [5.41, 5.74) is 0.599. The molecule has 2 rings (SSSR count). The average molecular weight is 286 g/mol. The van der Waals surface area contributed by atoms with Gasteiger partial charge in [0.2, 0.25) is 5.91 Å². The molecule has 1 aliphatic rings. The molecule has 1 amide bonds. The summed E-state index contributed by atoms with van der Waals surface area (Å²) in [6, 6.07) is 6.32. The second-order valence-electron chi connectivity index (χ2n) is 4.09. The Morgan fingerprint density at radius 1 is 1.44 bits per heavy atom. The van der Waals surface area contributed by atoms with Gasteiger partial charge in [-0.1, -0.05) is 17.7 Å². The van der Waals surface area contributed by atoms with Crippen molar-refractivity contribution < 1.29 is 13.2 Å². The van der Waals surface area contributed by atoms with Gasteiger partial charge in [0.1, 0.15) is 0 Å². The fraction of sp³-hybridized carbons (Fsp3) is 0.250. The van der Waals surface area contributed by atoms with Gasteiger partial charge in [-0.25, -0.2) is 8.42 Å². The molecule has 0 fully saturated rings. The molecule has 18 heavy (non-hydrogen) atoms. The molecule has 1 aliphatic heterocycles. The van der Waals surface area contributed by atoms with E-state index in [1.54, 1.807) is 24.3 Å². The Morgan fingerprint density at radius 2 is 2.17 bits per heavy atom. The molecular formula is C12H12ClNO3S. The van der Waals surface area contributed by atoms with Crippen molar-refractivity contribution in [2.24, 2.45) is 0 Å². The molecule has 0 saturated heterocycles. The summed E-state index contributed by atoms with van der Waals surface area (Å²) in [7, 11) is -3.20. The first-order chi connectivity index (χ1) is 8.39. The molecule has 1 atom stereocenters. The Kier molecular flexibility index (Phi) is 3.45. The summed E-state index contributed by atoms with van der Waals surface area (Å²) in [6.07, 6.45) is 1.53. The Balaban J connectivity index is 2.37. The molecular weight excluding hydrogens is 274 g/mol. The van der Waals surface area contributed by atoms with E-state index in [0.29, 0.717) is 10.7 Å². The zero-order valence-electron chi connectivity index (χ0n) is 9.71. The molecule has 96 valence electrons. The topological polar surface area (TPSA) is 54.5 Å². The van der Waals surface area contributed by atoms with Gasteiger partial charge in [-0.2, -0.15) is 0 Å². The number of carbonyl (C=O) groups excluding carboxylic acids is 1. The summed E-state index contributed by atoms with van der Waals surface area (Å²) >= 11 is 5.88. The molecule has 0 saturated carbocycles. The maximum atomic E-state index is 11.7. The van der Waals surface area contributed by atoms with E-state index in [-0.39, 0.29) is 11.7 Å². The lowest BCUT2D eigenvalue weighted by Gasteiger charge is -2.26. The number of benzene rings is 1. The smallest absolute Gasteiger partial charge is 0.224 e. The van der Waals surface area contributed by atoms with Crippen LogP contribution < -0.4 is 4.90 Å². The van der Waals surface area contributed by atoms with Crippen molar-refractivity contribution in [2.75, 3.05) is 10.7 Å². The Morgan fingerprint density at radius 3 is 2.67 bits per heavy atom. The van der Waals surface area contributed by atoms with Gasteiger partial charge in [0.05, 0.1) is 11.8 Å². The first kappa shape index (κ1) is 13.1. The van der Waals surface area contributed by atoms with Crippen LogP contribution in [0.25, 0.3) is 0 Å². The van der Waals surface area contributed by atoms with E-state index >= 15 is 0 Å². The highest BCUT2D eigenvalue weighted by Gasteiger charge is 2.29. The minimum Gasteiger partial charge on any atom is -0.305 e. The fourth-order valence-electron chi connectivity index (χ4n) is 1.95. The zero-order valence-corrected chi connectivity index (χ0v) is 11.3. The number of rotatable bonds is 2. The molecule has 0 radical (unpaired) electrons. The number of nitrogens with zero attached hydrogens (tertiary/aromatic N) is 1. The number of hydrogen-bond donors (Lipinski definition) is 0. The second kappa shape index (κ2) is 4.74. The predicted octanol–water partition coefficient (Wildman–Crippen LogP) is 2.00. The minimum absolute atomic E-state index is 0.0842. The molecule has 1 aromatic carbocycles. The highest BCUT2D eigenvalue weighted by molar-refractivity contribution is 7.94. The molecule has 0 N–H and O–H groups in total. The van der Waals surface area contributed by atoms with Gasteiger partial charge in [0.25, 0.3) is 0 Å². The first-order valence-electron chi connectivity index (χ1n) is 5.35. The van der Waals surface area contributed by atoms with Crippen LogP contribution in [-0.2, 0) is 14.6 Å². The number of hydrogen-bond acceptors (Lipinski definition) is 3. The highest BCUT2D eigenvalue weighted by Crippen LogP contribution is 2.25. The molecule has 1 aromatic rings. The average Bonchev–Trinajstić information content (AvgIpc) is 2.58. The van der Waals surface area contributed by atoms with Gasteiger partial charge in [0, 0.05) is 23.0 Å². The summed E-state index contributed by atoms with van der Waals surface area (Å²) in [6.45, 7) is 1.40. The maximum Gasteiger partial charge on any atom is 0.224 e. The monoisotopic (exact) mass is 285 g/mol.